The number of aromatic nitrogens is 5. The number of nitrogens with zero attached hydrogens (tertiary/aromatic N) is 6. The summed E-state index contributed by atoms with van der Waals surface area (Å²) in [5.41, 5.74) is 2.44. The second-order valence-electron chi connectivity index (χ2n) is 11.4. The number of benzene rings is 1. The zero-order valence-electron chi connectivity index (χ0n) is 24.1. The first-order chi connectivity index (χ1) is 20.7. The standard InChI is InChI=1S/C29H31F4N7O4/c1-28(2,43)27(42)39-14-20(15-39)17-9-18-10-21(35-36-24(18)12-17)5-3-4-8-40-16-25(37-38-40)26(41)34-13-19-11-22(6-7-23(19)30)44-29(31,32)33/h6-7,9-11,16,20,43H,3-5,8,12-15H2,1-2H3,(H,34,41). The van der Waals surface area contributed by atoms with Gasteiger partial charge in [0.1, 0.15) is 17.2 Å². The number of fused-ring (bicyclic) bond motifs is 1. The summed E-state index contributed by atoms with van der Waals surface area (Å²) in [6.07, 6.45) is 1.52. The quantitative estimate of drug-likeness (QED) is 0.248. The highest BCUT2D eigenvalue weighted by Gasteiger charge is 2.39. The molecule has 11 nitrogen and oxygen atoms in total. The van der Waals surface area contributed by atoms with Gasteiger partial charge in [-0.05, 0) is 62.9 Å². The van der Waals surface area contributed by atoms with Crippen LogP contribution in [0.15, 0.2) is 36.0 Å². The van der Waals surface area contributed by atoms with E-state index in [-0.39, 0.29) is 29.6 Å². The van der Waals surface area contributed by atoms with E-state index in [9.17, 15) is 32.3 Å². The number of unbranched alkanes of at least 4 members (excludes halogenated alkanes) is 1. The SMILES string of the molecule is CC(C)(O)C(=O)N1CC(C2=Cc3cc(CCCCn4cc(C(=O)NCc5cc(OC(F)(F)F)ccc5F)nn4)nnc3C2)C1. The molecular weight excluding hydrogens is 586 g/mol. The molecule has 2 amide bonds. The molecule has 5 rings (SSSR count). The topological polar surface area (TPSA) is 135 Å². The lowest BCUT2D eigenvalue weighted by atomic mass is 9.89. The first kappa shape index (κ1) is 31.0. The van der Waals surface area contributed by atoms with E-state index in [0.29, 0.717) is 38.9 Å². The van der Waals surface area contributed by atoms with Gasteiger partial charge < -0.3 is 20.1 Å². The zero-order chi connectivity index (χ0) is 31.6. The molecule has 0 atom stereocenters. The molecule has 1 saturated heterocycles. The van der Waals surface area contributed by atoms with Crippen LogP contribution in [0.2, 0.25) is 0 Å². The molecule has 1 aliphatic carbocycles. The fraction of sp³-hybridized carbons (Fsp3) is 0.448. The third kappa shape index (κ3) is 7.56. The molecule has 0 bridgehead atoms. The molecule has 3 heterocycles. The lowest BCUT2D eigenvalue weighted by Crippen LogP contribution is -2.56. The molecule has 2 N–H and O–H groups in total. The maximum Gasteiger partial charge on any atom is 0.573 e. The van der Waals surface area contributed by atoms with Crippen LogP contribution in [0.1, 0.15) is 59.7 Å². The first-order valence-corrected chi connectivity index (χ1v) is 14.1. The Bertz CT molecular complexity index is 1580. The number of hydrogen-bond acceptors (Lipinski definition) is 8. The summed E-state index contributed by atoms with van der Waals surface area (Å²) < 4.78 is 56.6. The van der Waals surface area contributed by atoms with Crippen molar-refractivity contribution in [3.05, 3.63) is 70.1 Å². The smallest absolute Gasteiger partial charge is 0.406 e. The Morgan fingerprint density at radius 1 is 1.11 bits per heavy atom. The molecule has 1 aliphatic heterocycles. The molecule has 3 aromatic rings. The van der Waals surface area contributed by atoms with E-state index < -0.39 is 29.4 Å². The number of hydrogen-bond donors (Lipinski definition) is 2. The van der Waals surface area contributed by atoms with Crippen molar-refractivity contribution in [3.8, 4) is 5.75 Å². The summed E-state index contributed by atoms with van der Waals surface area (Å²) in [6.45, 7) is 4.27. The van der Waals surface area contributed by atoms with E-state index in [0.717, 1.165) is 41.6 Å². The minimum Gasteiger partial charge on any atom is -0.406 e. The van der Waals surface area contributed by atoms with Gasteiger partial charge in [-0.3, -0.25) is 14.3 Å². The van der Waals surface area contributed by atoms with Crippen LogP contribution in [0.4, 0.5) is 17.6 Å². The number of aryl methyl sites for hydroxylation is 2. The van der Waals surface area contributed by atoms with E-state index in [2.05, 4.69) is 36.6 Å². The zero-order valence-corrected chi connectivity index (χ0v) is 24.1. The Balaban J connectivity index is 1.05. The monoisotopic (exact) mass is 617 g/mol. The summed E-state index contributed by atoms with van der Waals surface area (Å²) in [6, 6.07) is 4.57. The van der Waals surface area contributed by atoms with Gasteiger partial charge in [-0.1, -0.05) is 16.9 Å². The number of carbonyl (C=O) groups is 2. The molecule has 15 heteroatoms. The van der Waals surface area contributed by atoms with Crippen molar-refractivity contribution in [2.45, 2.75) is 64.6 Å². The maximum absolute atomic E-state index is 14.0. The molecule has 2 aromatic heterocycles. The molecule has 1 aromatic carbocycles. The Kier molecular flexibility index (Phi) is 8.68. The molecule has 234 valence electrons. The molecule has 0 spiro atoms. The largest absolute Gasteiger partial charge is 0.573 e. The summed E-state index contributed by atoms with van der Waals surface area (Å²) >= 11 is 0. The van der Waals surface area contributed by atoms with E-state index in [4.69, 9.17) is 0 Å². The Morgan fingerprint density at radius 2 is 1.89 bits per heavy atom. The van der Waals surface area contributed by atoms with Gasteiger partial charge in [-0.25, -0.2) is 4.39 Å². The normalized spacial score (nSPS) is 15.1. The van der Waals surface area contributed by atoms with Crippen molar-refractivity contribution < 1.29 is 37.0 Å². The minimum atomic E-state index is -4.92. The van der Waals surface area contributed by atoms with Gasteiger partial charge in [0.25, 0.3) is 11.8 Å². The lowest BCUT2D eigenvalue weighted by Gasteiger charge is -2.42. The average Bonchev–Trinajstić information content (AvgIpc) is 3.56. The van der Waals surface area contributed by atoms with Gasteiger partial charge in [0.15, 0.2) is 5.69 Å². The van der Waals surface area contributed by atoms with Gasteiger partial charge in [-0.2, -0.15) is 10.2 Å². The van der Waals surface area contributed by atoms with E-state index in [1.165, 1.54) is 30.3 Å². The van der Waals surface area contributed by atoms with Crippen LogP contribution in [0.5, 0.6) is 5.75 Å². The second-order valence-corrected chi connectivity index (χ2v) is 11.4. The number of halogens is 4. The summed E-state index contributed by atoms with van der Waals surface area (Å²) in [5, 5.41) is 28.9. The highest BCUT2D eigenvalue weighted by molar-refractivity contribution is 5.91. The van der Waals surface area contributed by atoms with Crippen molar-refractivity contribution in [3.63, 3.8) is 0 Å². The molecular formula is C29H31F4N7O4. The molecule has 0 radical (unpaired) electrons. The Morgan fingerprint density at radius 3 is 2.61 bits per heavy atom. The van der Waals surface area contributed by atoms with E-state index >= 15 is 0 Å². The molecule has 0 saturated carbocycles. The molecule has 44 heavy (non-hydrogen) atoms. The van der Waals surface area contributed by atoms with Crippen LogP contribution < -0.4 is 10.1 Å². The van der Waals surface area contributed by atoms with Crippen LogP contribution in [0, 0.1) is 11.7 Å². The number of likely N-dealkylation sites (tertiary alicyclic amines) is 1. The molecule has 0 unspecified atom stereocenters. The maximum atomic E-state index is 14.0. The van der Waals surface area contributed by atoms with Crippen LogP contribution in [-0.2, 0) is 30.7 Å². The highest BCUT2D eigenvalue weighted by atomic mass is 19.4. The molecule has 1 fully saturated rings. The number of rotatable bonds is 11. The van der Waals surface area contributed by atoms with Gasteiger partial charge in [-0.15, -0.1) is 18.3 Å². The summed E-state index contributed by atoms with van der Waals surface area (Å²) in [5.74, 6) is -2.06. The van der Waals surface area contributed by atoms with Crippen molar-refractivity contribution in [1.82, 2.24) is 35.4 Å². The fourth-order valence-corrected chi connectivity index (χ4v) is 5.07. The number of aliphatic hydroxyl groups is 1. The van der Waals surface area contributed by atoms with Crippen LogP contribution in [0.3, 0.4) is 0 Å². The second kappa shape index (κ2) is 12.3. The van der Waals surface area contributed by atoms with Crippen molar-refractivity contribution in [2.24, 2.45) is 5.92 Å². The van der Waals surface area contributed by atoms with Gasteiger partial charge in [0.05, 0.1) is 17.6 Å². The van der Waals surface area contributed by atoms with Crippen molar-refractivity contribution in [2.75, 3.05) is 13.1 Å². The first-order valence-electron chi connectivity index (χ1n) is 14.1. The van der Waals surface area contributed by atoms with Crippen LogP contribution in [0.25, 0.3) is 6.08 Å². The van der Waals surface area contributed by atoms with Gasteiger partial charge in [0, 0.05) is 44.1 Å². The number of ether oxygens (including phenoxy) is 1. The predicted molar refractivity (Wildman–Crippen MR) is 147 cm³/mol. The van der Waals surface area contributed by atoms with Crippen molar-refractivity contribution >= 4 is 17.9 Å². The van der Waals surface area contributed by atoms with Crippen molar-refractivity contribution in [1.29, 1.82) is 0 Å². The van der Waals surface area contributed by atoms with Crippen LogP contribution in [-0.4, -0.2) is 72.1 Å². The lowest BCUT2D eigenvalue weighted by molar-refractivity contribution is -0.274. The number of amides is 2. The van der Waals surface area contributed by atoms with E-state index in [1.807, 2.05) is 6.07 Å². The van der Waals surface area contributed by atoms with E-state index in [1.54, 1.807) is 4.90 Å². The number of nitrogens with one attached hydrogen (secondary N) is 1. The molecule has 2 aliphatic rings. The van der Waals surface area contributed by atoms with Crippen LogP contribution >= 0.6 is 0 Å². The Labute approximate surface area is 249 Å². The third-order valence-corrected chi connectivity index (χ3v) is 7.42. The number of alkyl halides is 3. The third-order valence-electron chi connectivity index (χ3n) is 7.42. The number of carbonyl (C=O) groups excluding carboxylic acids is 2. The summed E-state index contributed by atoms with van der Waals surface area (Å²) in [7, 11) is 0. The predicted octanol–water partition coefficient (Wildman–Crippen LogP) is 3.23. The Hall–Kier alpha value is -4.40. The van der Waals surface area contributed by atoms with Gasteiger partial charge in [0.2, 0.25) is 0 Å². The average molecular weight is 618 g/mol. The minimum absolute atomic E-state index is 0.0146. The summed E-state index contributed by atoms with van der Waals surface area (Å²) in [4.78, 5) is 26.3. The fourth-order valence-electron chi connectivity index (χ4n) is 5.07. The van der Waals surface area contributed by atoms with Gasteiger partial charge >= 0.3 is 6.36 Å². The highest BCUT2D eigenvalue weighted by Crippen LogP contribution is 2.34.